The van der Waals surface area contributed by atoms with Crippen LogP contribution >= 0.6 is 11.8 Å². The zero-order valence-electron chi connectivity index (χ0n) is 12.0. The van der Waals surface area contributed by atoms with E-state index in [1.54, 1.807) is 48.6 Å². The molecule has 0 spiro atoms. The number of hydrogen-bond donors (Lipinski definition) is 1. The Morgan fingerprint density at radius 2 is 2.04 bits per heavy atom. The van der Waals surface area contributed by atoms with Gasteiger partial charge in [0.15, 0.2) is 11.4 Å². The zero-order valence-corrected chi connectivity index (χ0v) is 12.8. The molecule has 0 fully saturated rings. The van der Waals surface area contributed by atoms with Gasteiger partial charge in [-0.3, -0.25) is 4.98 Å². The summed E-state index contributed by atoms with van der Waals surface area (Å²) in [5.41, 5.74) is 2.00. The van der Waals surface area contributed by atoms with Gasteiger partial charge in [0.2, 0.25) is 5.88 Å². The Hall–Kier alpha value is -2.80. The average Bonchev–Trinajstić information content (AvgIpc) is 3.23. The summed E-state index contributed by atoms with van der Waals surface area (Å²) < 4.78 is 6.73. The lowest BCUT2D eigenvalue weighted by Crippen LogP contribution is -1.95. The van der Waals surface area contributed by atoms with Crippen LogP contribution in [0.2, 0.25) is 0 Å². The fourth-order valence-corrected chi connectivity index (χ4v) is 3.00. The molecular weight excluding hydrogens is 312 g/mol. The van der Waals surface area contributed by atoms with Crippen molar-refractivity contribution in [2.24, 2.45) is 0 Å². The van der Waals surface area contributed by atoms with Crippen LogP contribution in [-0.2, 0) is 5.75 Å². The van der Waals surface area contributed by atoms with Gasteiger partial charge in [0.05, 0.1) is 12.0 Å². The van der Waals surface area contributed by atoms with E-state index in [-0.39, 0.29) is 5.88 Å². The van der Waals surface area contributed by atoms with Gasteiger partial charge in [-0.25, -0.2) is 4.98 Å². The van der Waals surface area contributed by atoms with E-state index in [2.05, 4.69) is 15.1 Å². The Kier molecular flexibility index (Phi) is 3.47. The molecule has 0 aromatic carbocycles. The standard InChI is InChI=1S/C16H12N4O2S/c21-16-8-11(10-23-12-3-5-17-6-4-12)18-15-9-13(19-20(15)16)14-2-1-7-22-14/h1-9,21H,10H2. The van der Waals surface area contributed by atoms with E-state index in [1.165, 1.54) is 4.52 Å². The van der Waals surface area contributed by atoms with E-state index < -0.39 is 0 Å². The van der Waals surface area contributed by atoms with Gasteiger partial charge in [-0.1, -0.05) is 0 Å². The fraction of sp³-hybridized carbons (Fsp3) is 0.0625. The van der Waals surface area contributed by atoms with Crippen molar-refractivity contribution in [1.29, 1.82) is 0 Å². The molecule has 0 bridgehead atoms. The SMILES string of the molecule is Oc1cc(CSc2ccncc2)nc2cc(-c3ccco3)nn12. The van der Waals surface area contributed by atoms with Crippen molar-refractivity contribution in [2.45, 2.75) is 10.6 Å². The van der Waals surface area contributed by atoms with Crippen LogP contribution in [0.15, 0.2) is 64.4 Å². The van der Waals surface area contributed by atoms with Crippen molar-refractivity contribution in [3.05, 3.63) is 60.7 Å². The van der Waals surface area contributed by atoms with Gasteiger partial charge >= 0.3 is 0 Å². The molecule has 0 aliphatic carbocycles. The minimum absolute atomic E-state index is 0.0538. The Bertz CT molecular complexity index is 936. The summed E-state index contributed by atoms with van der Waals surface area (Å²) in [5.74, 6) is 1.34. The Morgan fingerprint density at radius 3 is 2.83 bits per heavy atom. The molecular formula is C16H12N4O2S. The molecule has 0 atom stereocenters. The summed E-state index contributed by atoms with van der Waals surface area (Å²) in [6, 6.07) is 10.9. The van der Waals surface area contributed by atoms with Gasteiger partial charge in [-0.05, 0) is 24.3 Å². The molecule has 114 valence electrons. The molecule has 4 heterocycles. The van der Waals surface area contributed by atoms with E-state index in [0.29, 0.717) is 22.9 Å². The number of thioether (sulfide) groups is 1. The molecule has 7 heteroatoms. The monoisotopic (exact) mass is 324 g/mol. The lowest BCUT2D eigenvalue weighted by atomic mass is 10.3. The second-order valence-corrected chi connectivity index (χ2v) is 5.90. The highest BCUT2D eigenvalue weighted by molar-refractivity contribution is 7.98. The third kappa shape index (κ3) is 2.78. The number of aromatic hydroxyl groups is 1. The van der Waals surface area contributed by atoms with Crippen LogP contribution in [0, 0.1) is 0 Å². The van der Waals surface area contributed by atoms with Crippen molar-refractivity contribution in [3.63, 3.8) is 0 Å². The second kappa shape index (κ2) is 5.77. The van der Waals surface area contributed by atoms with Crippen molar-refractivity contribution >= 4 is 17.4 Å². The molecule has 0 aliphatic rings. The van der Waals surface area contributed by atoms with Gasteiger partial charge < -0.3 is 9.52 Å². The Balaban J connectivity index is 1.64. The van der Waals surface area contributed by atoms with Crippen LogP contribution < -0.4 is 0 Å². The quantitative estimate of drug-likeness (QED) is 0.580. The van der Waals surface area contributed by atoms with Gasteiger partial charge in [-0.2, -0.15) is 9.61 Å². The highest BCUT2D eigenvalue weighted by Crippen LogP contribution is 2.25. The summed E-state index contributed by atoms with van der Waals surface area (Å²) in [5, 5.41) is 14.5. The van der Waals surface area contributed by atoms with Crippen LogP contribution in [0.5, 0.6) is 5.88 Å². The lowest BCUT2D eigenvalue weighted by Gasteiger charge is -2.03. The van der Waals surface area contributed by atoms with Crippen molar-refractivity contribution in [1.82, 2.24) is 19.6 Å². The maximum atomic E-state index is 10.2. The molecule has 0 saturated carbocycles. The minimum Gasteiger partial charge on any atom is -0.493 e. The van der Waals surface area contributed by atoms with Gasteiger partial charge in [-0.15, -0.1) is 11.8 Å². The maximum Gasteiger partial charge on any atom is 0.215 e. The molecule has 1 N–H and O–H groups in total. The van der Waals surface area contributed by atoms with E-state index >= 15 is 0 Å². The molecule has 0 saturated heterocycles. The van der Waals surface area contributed by atoms with Crippen LogP contribution in [0.4, 0.5) is 0 Å². The minimum atomic E-state index is 0.0538. The van der Waals surface area contributed by atoms with Crippen LogP contribution in [0.3, 0.4) is 0 Å². The third-order valence-electron chi connectivity index (χ3n) is 3.27. The van der Waals surface area contributed by atoms with Crippen molar-refractivity contribution < 1.29 is 9.52 Å². The predicted octanol–water partition coefficient (Wildman–Crippen LogP) is 3.38. The van der Waals surface area contributed by atoms with Crippen LogP contribution in [-0.4, -0.2) is 24.7 Å². The Morgan fingerprint density at radius 1 is 1.17 bits per heavy atom. The summed E-state index contributed by atoms with van der Waals surface area (Å²) in [7, 11) is 0. The molecule has 0 aliphatic heterocycles. The molecule has 0 radical (unpaired) electrons. The highest BCUT2D eigenvalue weighted by Gasteiger charge is 2.12. The fourth-order valence-electron chi connectivity index (χ4n) is 2.22. The van der Waals surface area contributed by atoms with Crippen molar-refractivity contribution in [3.8, 4) is 17.3 Å². The van der Waals surface area contributed by atoms with Gasteiger partial charge in [0.25, 0.3) is 0 Å². The first-order chi connectivity index (χ1) is 11.3. The van der Waals surface area contributed by atoms with E-state index in [9.17, 15) is 5.11 Å². The number of fused-ring (bicyclic) bond motifs is 1. The largest absolute Gasteiger partial charge is 0.493 e. The number of pyridine rings is 1. The molecule has 4 aromatic heterocycles. The summed E-state index contributed by atoms with van der Waals surface area (Å²) in [4.78, 5) is 9.64. The van der Waals surface area contributed by atoms with Crippen LogP contribution in [0.1, 0.15) is 5.69 Å². The summed E-state index contributed by atoms with van der Waals surface area (Å²) in [6.07, 6.45) is 5.09. The number of furan rings is 1. The third-order valence-corrected chi connectivity index (χ3v) is 4.32. The summed E-state index contributed by atoms with van der Waals surface area (Å²) >= 11 is 1.63. The topological polar surface area (TPSA) is 76.5 Å². The average molecular weight is 324 g/mol. The molecule has 0 unspecified atom stereocenters. The number of nitrogens with zero attached hydrogens (tertiary/aromatic N) is 4. The number of rotatable bonds is 4. The number of hydrogen-bond acceptors (Lipinski definition) is 6. The smallest absolute Gasteiger partial charge is 0.215 e. The molecule has 4 aromatic rings. The lowest BCUT2D eigenvalue weighted by molar-refractivity contribution is 0.434. The van der Waals surface area contributed by atoms with E-state index in [0.717, 1.165) is 10.6 Å². The van der Waals surface area contributed by atoms with Crippen molar-refractivity contribution in [2.75, 3.05) is 0 Å². The Labute approximate surface area is 135 Å². The highest BCUT2D eigenvalue weighted by atomic mass is 32.2. The van der Waals surface area contributed by atoms with Crippen LogP contribution in [0.25, 0.3) is 17.1 Å². The maximum absolute atomic E-state index is 10.2. The molecule has 4 rings (SSSR count). The first-order valence-corrected chi connectivity index (χ1v) is 7.93. The van der Waals surface area contributed by atoms with Gasteiger partial charge in [0.1, 0.15) is 5.69 Å². The first-order valence-electron chi connectivity index (χ1n) is 6.95. The summed E-state index contributed by atoms with van der Waals surface area (Å²) in [6.45, 7) is 0. The van der Waals surface area contributed by atoms with E-state index in [1.807, 2.05) is 18.2 Å². The van der Waals surface area contributed by atoms with E-state index in [4.69, 9.17) is 4.42 Å². The number of aromatic nitrogens is 4. The molecule has 0 amide bonds. The predicted molar refractivity (Wildman–Crippen MR) is 86.2 cm³/mol. The first kappa shape index (κ1) is 13.8. The zero-order chi connectivity index (χ0) is 15.6. The molecule has 23 heavy (non-hydrogen) atoms. The second-order valence-electron chi connectivity index (χ2n) is 4.85. The molecule has 6 nitrogen and oxygen atoms in total. The normalized spacial score (nSPS) is 11.1. The van der Waals surface area contributed by atoms with Gasteiger partial charge in [0, 0.05) is 35.2 Å².